The average molecular weight is 301 g/mol. The molecule has 23 heavy (non-hydrogen) atoms. The van der Waals surface area contributed by atoms with Gasteiger partial charge < -0.3 is 5.73 Å². The number of nitrogens with two attached hydrogens (primary N) is 1. The highest BCUT2D eigenvalue weighted by Crippen LogP contribution is 2.46. The number of nitrogens with zero attached hydrogens (tertiary/aromatic N) is 2. The molecular formula is C20H19N3. The standard InChI is InChI=1S/C20H19N3/c1-12-7-8-14(13(2)9-12)19-16-6-4-3-5-15(16)17(10-21)20(23)18(19)11-22/h5,7-9,16H,3-4,6,23H2,1-2H3/t16-/m0/s1. The maximum Gasteiger partial charge on any atom is 0.102 e. The molecule has 0 heterocycles. The van der Waals surface area contributed by atoms with Gasteiger partial charge in [-0.15, -0.1) is 0 Å². The van der Waals surface area contributed by atoms with E-state index >= 15 is 0 Å². The summed E-state index contributed by atoms with van der Waals surface area (Å²) in [5.74, 6) is 0.0988. The van der Waals surface area contributed by atoms with Crippen LogP contribution in [-0.4, -0.2) is 0 Å². The Labute approximate surface area is 137 Å². The van der Waals surface area contributed by atoms with Crippen molar-refractivity contribution < 1.29 is 0 Å². The van der Waals surface area contributed by atoms with E-state index in [1.54, 1.807) is 0 Å². The lowest BCUT2D eigenvalue weighted by atomic mass is 9.70. The van der Waals surface area contributed by atoms with E-state index in [1.807, 2.05) is 0 Å². The monoisotopic (exact) mass is 301 g/mol. The summed E-state index contributed by atoms with van der Waals surface area (Å²) in [6, 6.07) is 10.7. The zero-order valence-corrected chi connectivity index (χ0v) is 13.5. The molecule has 0 bridgehead atoms. The molecule has 3 rings (SSSR count). The SMILES string of the molecule is Cc1ccc(C2=C(C#N)C(N)=C(C#N)C3=CCCC[C@@H]32)c(C)c1. The number of aryl methyl sites for hydroxylation is 2. The van der Waals surface area contributed by atoms with E-state index in [1.165, 1.54) is 5.56 Å². The molecule has 2 aliphatic rings. The Morgan fingerprint density at radius 1 is 1.13 bits per heavy atom. The summed E-state index contributed by atoms with van der Waals surface area (Å²) in [6.45, 7) is 4.13. The van der Waals surface area contributed by atoms with Crippen molar-refractivity contribution in [3.05, 3.63) is 63.4 Å². The molecular weight excluding hydrogens is 282 g/mol. The van der Waals surface area contributed by atoms with Gasteiger partial charge in [0, 0.05) is 5.92 Å². The van der Waals surface area contributed by atoms with E-state index in [-0.39, 0.29) is 5.92 Å². The van der Waals surface area contributed by atoms with Gasteiger partial charge in [0.25, 0.3) is 0 Å². The van der Waals surface area contributed by atoms with E-state index in [9.17, 15) is 10.5 Å². The first-order valence-electron chi connectivity index (χ1n) is 7.91. The van der Waals surface area contributed by atoms with Crippen LogP contribution in [0.3, 0.4) is 0 Å². The molecule has 0 saturated heterocycles. The molecule has 2 aliphatic carbocycles. The second-order valence-electron chi connectivity index (χ2n) is 6.26. The molecule has 3 nitrogen and oxygen atoms in total. The normalized spacial score (nSPS) is 20.5. The fraction of sp³-hybridized carbons (Fsp3) is 0.300. The minimum absolute atomic E-state index is 0.0988. The van der Waals surface area contributed by atoms with Crippen LogP contribution in [0.4, 0.5) is 0 Å². The molecule has 1 aromatic rings. The highest BCUT2D eigenvalue weighted by molar-refractivity contribution is 5.85. The van der Waals surface area contributed by atoms with Gasteiger partial charge in [-0.3, -0.25) is 0 Å². The van der Waals surface area contributed by atoms with Gasteiger partial charge in [-0.1, -0.05) is 29.8 Å². The van der Waals surface area contributed by atoms with E-state index in [2.05, 4.69) is 50.3 Å². The minimum atomic E-state index is 0.0988. The van der Waals surface area contributed by atoms with Gasteiger partial charge in [0.1, 0.15) is 12.1 Å². The van der Waals surface area contributed by atoms with Crippen LogP contribution in [-0.2, 0) is 0 Å². The largest absolute Gasteiger partial charge is 0.397 e. The Morgan fingerprint density at radius 2 is 1.87 bits per heavy atom. The Morgan fingerprint density at radius 3 is 2.52 bits per heavy atom. The molecule has 0 fully saturated rings. The second-order valence-corrected chi connectivity index (χ2v) is 6.26. The van der Waals surface area contributed by atoms with Crippen molar-refractivity contribution in [2.75, 3.05) is 0 Å². The van der Waals surface area contributed by atoms with Crippen LogP contribution >= 0.6 is 0 Å². The third kappa shape index (κ3) is 2.35. The summed E-state index contributed by atoms with van der Waals surface area (Å²) in [7, 11) is 0. The van der Waals surface area contributed by atoms with Crippen LogP contribution in [0.5, 0.6) is 0 Å². The van der Waals surface area contributed by atoms with E-state index in [0.29, 0.717) is 16.8 Å². The van der Waals surface area contributed by atoms with Gasteiger partial charge in [0.15, 0.2) is 0 Å². The summed E-state index contributed by atoms with van der Waals surface area (Å²) < 4.78 is 0. The maximum absolute atomic E-state index is 9.69. The topological polar surface area (TPSA) is 73.6 Å². The van der Waals surface area contributed by atoms with Gasteiger partial charge >= 0.3 is 0 Å². The lowest BCUT2D eigenvalue weighted by Crippen LogP contribution is -2.23. The number of allylic oxidation sites excluding steroid dienone is 5. The number of rotatable bonds is 1. The van der Waals surface area contributed by atoms with Crippen LogP contribution < -0.4 is 5.73 Å². The fourth-order valence-corrected chi connectivity index (χ4v) is 3.74. The van der Waals surface area contributed by atoms with Crippen LogP contribution in [0.25, 0.3) is 5.57 Å². The van der Waals surface area contributed by atoms with E-state index in [0.717, 1.165) is 41.5 Å². The Kier molecular flexibility index (Phi) is 3.80. The van der Waals surface area contributed by atoms with Crippen molar-refractivity contribution in [2.45, 2.75) is 33.1 Å². The number of hydrogen-bond donors (Lipinski definition) is 1. The highest BCUT2D eigenvalue weighted by atomic mass is 14.6. The van der Waals surface area contributed by atoms with Crippen molar-refractivity contribution in [1.82, 2.24) is 0 Å². The summed E-state index contributed by atoms with van der Waals surface area (Å²) in [5.41, 5.74) is 12.9. The lowest BCUT2D eigenvalue weighted by molar-refractivity contribution is 0.611. The van der Waals surface area contributed by atoms with Crippen LogP contribution in [0, 0.1) is 42.4 Å². The predicted molar refractivity (Wildman–Crippen MR) is 90.7 cm³/mol. The summed E-state index contributed by atoms with van der Waals surface area (Å²) in [4.78, 5) is 0. The highest BCUT2D eigenvalue weighted by Gasteiger charge is 2.34. The molecule has 0 spiro atoms. The number of benzene rings is 1. The van der Waals surface area contributed by atoms with Crippen LogP contribution in [0.1, 0.15) is 36.0 Å². The molecule has 2 N–H and O–H groups in total. The van der Waals surface area contributed by atoms with Gasteiger partial charge in [-0.2, -0.15) is 10.5 Å². The second kappa shape index (κ2) is 5.78. The molecule has 1 atom stereocenters. The number of fused-ring (bicyclic) bond motifs is 1. The molecule has 0 aromatic heterocycles. The van der Waals surface area contributed by atoms with Crippen molar-refractivity contribution >= 4 is 5.57 Å². The summed E-state index contributed by atoms with van der Waals surface area (Å²) in [6.07, 6.45) is 5.11. The van der Waals surface area contributed by atoms with E-state index in [4.69, 9.17) is 5.73 Å². The van der Waals surface area contributed by atoms with Gasteiger partial charge in [0.05, 0.1) is 16.8 Å². The Bertz CT molecular complexity index is 854. The molecule has 0 unspecified atom stereocenters. The smallest absolute Gasteiger partial charge is 0.102 e. The first-order chi connectivity index (χ1) is 11.1. The number of nitriles is 2. The predicted octanol–water partition coefficient (Wildman–Crippen LogP) is 4.06. The number of hydrogen-bond acceptors (Lipinski definition) is 3. The van der Waals surface area contributed by atoms with Crippen molar-refractivity contribution in [2.24, 2.45) is 11.7 Å². The van der Waals surface area contributed by atoms with E-state index < -0.39 is 0 Å². The Hall–Kier alpha value is -2.78. The quantitative estimate of drug-likeness (QED) is 0.850. The average Bonchev–Trinajstić information content (AvgIpc) is 2.54. The molecule has 0 amide bonds. The summed E-state index contributed by atoms with van der Waals surface area (Å²) >= 11 is 0. The van der Waals surface area contributed by atoms with Crippen molar-refractivity contribution in [3.8, 4) is 12.1 Å². The van der Waals surface area contributed by atoms with Crippen molar-refractivity contribution in [1.29, 1.82) is 10.5 Å². The van der Waals surface area contributed by atoms with Gasteiger partial charge in [-0.05, 0) is 55.4 Å². The maximum atomic E-state index is 9.69. The molecule has 0 aliphatic heterocycles. The Balaban J connectivity index is 2.33. The zero-order valence-electron chi connectivity index (χ0n) is 13.5. The van der Waals surface area contributed by atoms with Crippen molar-refractivity contribution in [3.63, 3.8) is 0 Å². The molecule has 114 valence electrons. The fourth-order valence-electron chi connectivity index (χ4n) is 3.74. The van der Waals surface area contributed by atoms with Gasteiger partial charge in [-0.25, -0.2) is 0 Å². The van der Waals surface area contributed by atoms with Crippen LogP contribution in [0.15, 0.2) is 46.7 Å². The molecule has 0 radical (unpaired) electrons. The summed E-state index contributed by atoms with van der Waals surface area (Å²) in [5, 5.41) is 19.2. The lowest BCUT2D eigenvalue weighted by Gasteiger charge is -2.33. The first kappa shape index (κ1) is 15.1. The first-order valence-corrected chi connectivity index (χ1v) is 7.91. The third-order valence-electron chi connectivity index (χ3n) is 4.78. The van der Waals surface area contributed by atoms with Crippen LogP contribution in [0.2, 0.25) is 0 Å². The third-order valence-corrected chi connectivity index (χ3v) is 4.78. The zero-order chi connectivity index (χ0) is 16.6. The van der Waals surface area contributed by atoms with Gasteiger partial charge in [0.2, 0.25) is 0 Å². The molecule has 0 saturated carbocycles. The molecule has 1 aromatic carbocycles. The molecule has 3 heteroatoms. The minimum Gasteiger partial charge on any atom is -0.397 e.